The molecule has 0 aliphatic carbocycles. The first kappa shape index (κ1) is 17.9. The van der Waals surface area contributed by atoms with E-state index in [0.717, 1.165) is 63.2 Å². The Morgan fingerprint density at radius 1 is 0.935 bits per heavy atom. The van der Waals surface area contributed by atoms with Crippen molar-refractivity contribution in [3.8, 4) is 22.4 Å². The van der Waals surface area contributed by atoms with Crippen LogP contribution >= 0.6 is 0 Å². The highest BCUT2D eigenvalue weighted by Crippen LogP contribution is 2.35. The molecule has 5 heterocycles. The third-order valence-electron chi connectivity index (χ3n) is 5.82. The quantitative estimate of drug-likeness (QED) is 0.419. The number of morpholine rings is 1. The summed E-state index contributed by atoms with van der Waals surface area (Å²) in [5, 5.41) is 9.03. The maximum Gasteiger partial charge on any atom is 0.153 e. The zero-order valence-electron chi connectivity index (χ0n) is 16.8. The second-order valence-electron chi connectivity index (χ2n) is 7.65. The van der Waals surface area contributed by atoms with E-state index in [-0.39, 0.29) is 0 Å². The Bertz CT molecular complexity index is 1400. The number of aromatic amines is 2. The third-order valence-corrected chi connectivity index (χ3v) is 5.82. The molecule has 0 amide bonds. The molecule has 0 bridgehead atoms. The largest absolute Gasteiger partial charge is 0.382 e. The first-order valence-corrected chi connectivity index (χ1v) is 10.3. The molecule has 1 saturated heterocycles. The maximum absolute atomic E-state index is 6.02. The number of ether oxygens (including phenoxy) is 1. The van der Waals surface area contributed by atoms with Crippen molar-refractivity contribution in [3.05, 3.63) is 54.9 Å². The maximum atomic E-state index is 6.02. The fourth-order valence-electron chi connectivity index (χ4n) is 4.26. The Morgan fingerprint density at radius 2 is 1.84 bits per heavy atom. The van der Waals surface area contributed by atoms with Crippen LogP contribution in [0.2, 0.25) is 0 Å². The van der Waals surface area contributed by atoms with Gasteiger partial charge in [-0.2, -0.15) is 5.10 Å². The van der Waals surface area contributed by atoms with E-state index in [9.17, 15) is 0 Å². The van der Waals surface area contributed by atoms with Gasteiger partial charge in [0.2, 0.25) is 0 Å². The molecule has 0 atom stereocenters. The zero-order chi connectivity index (χ0) is 20.8. The van der Waals surface area contributed by atoms with Crippen LogP contribution in [-0.4, -0.2) is 51.5 Å². The average molecular weight is 411 g/mol. The molecule has 8 nitrogen and oxygen atoms in total. The van der Waals surface area contributed by atoms with Crippen LogP contribution in [0.3, 0.4) is 0 Å². The lowest BCUT2D eigenvalue weighted by atomic mass is 10.0. The number of hydrogen-bond donors (Lipinski definition) is 3. The van der Waals surface area contributed by atoms with Crippen molar-refractivity contribution >= 4 is 33.6 Å². The summed E-state index contributed by atoms with van der Waals surface area (Å²) >= 11 is 0. The number of rotatable bonds is 3. The summed E-state index contributed by atoms with van der Waals surface area (Å²) in [6.45, 7) is 3.10. The van der Waals surface area contributed by atoms with Crippen molar-refractivity contribution in [2.75, 3.05) is 36.9 Å². The van der Waals surface area contributed by atoms with E-state index in [1.807, 2.05) is 30.6 Å². The van der Waals surface area contributed by atoms with Crippen LogP contribution in [0.1, 0.15) is 0 Å². The summed E-state index contributed by atoms with van der Waals surface area (Å²) in [6, 6.07) is 14.4. The molecule has 154 valence electrons. The van der Waals surface area contributed by atoms with Crippen molar-refractivity contribution < 1.29 is 4.74 Å². The molecule has 0 unspecified atom stereocenters. The first-order chi connectivity index (χ1) is 15.3. The van der Waals surface area contributed by atoms with E-state index in [1.165, 1.54) is 0 Å². The number of aromatic nitrogens is 5. The van der Waals surface area contributed by atoms with E-state index in [1.54, 1.807) is 0 Å². The predicted octanol–water partition coefficient (Wildman–Crippen LogP) is 3.59. The van der Waals surface area contributed by atoms with Gasteiger partial charge in [0.15, 0.2) is 5.82 Å². The van der Waals surface area contributed by atoms with Crippen molar-refractivity contribution in [1.29, 1.82) is 0 Å². The topological polar surface area (TPSA) is 109 Å². The second kappa shape index (κ2) is 7.10. The number of nitrogens with one attached hydrogen (secondary N) is 2. The number of H-pyrrole nitrogens is 2. The number of pyridine rings is 2. The molecule has 1 aliphatic heterocycles. The van der Waals surface area contributed by atoms with Gasteiger partial charge in [-0.25, -0.2) is 9.97 Å². The smallest absolute Gasteiger partial charge is 0.153 e. The van der Waals surface area contributed by atoms with Crippen LogP contribution in [0.4, 0.5) is 11.6 Å². The number of benzene rings is 1. The lowest BCUT2D eigenvalue weighted by Crippen LogP contribution is -2.37. The van der Waals surface area contributed by atoms with Crippen molar-refractivity contribution in [1.82, 2.24) is 25.1 Å². The molecule has 1 aliphatic rings. The lowest BCUT2D eigenvalue weighted by molar-refractivity contribution is 0.122. The molecular formula is C23H21N7O. The van der Waals surface area contributed by atoms with E-state index in [0.29, 0.717) is 19.0 Å². The Hall–Kier alpha value is -3.91. The molecule has 0 saturated carbocycles. The Labute approximate surface area is 178 Å². The standard InChI is InChI=1S/C23H21N7O/c24-21-18-12-14(3-4-19(18)28-29-21)15-5-7-25-22-17(15)13-20(27-22)16-2-1-6-26-23(16)30-8-10-31-11-9-30/h1-7,12-13H,8-11H2,(H,25,27)(H3,24,28,29). The van der Waals surface area contributed by atoms with Crippen molar-refractivity contribution in [2.45, 2.75) is 0 Å². The number of nitrogen functional groups attached to an aromatic ring is 1. The minimum absolute atomic E-state index is 0.502. The van der Waals surface area contributed by atoms with E-state index in [2.05, 4.69) is 54.3 Å². The van der Waals surface area contributed by atoms with E-state index >= 15 is 0 Å². The van der Waals surface area contributed by atoms with Gasteiger partial charge in [0.1, 0.15) is 11.5 Å². The third kappa shape index (κ3) is 3.00. The molecular weight excluding hydrogens is 390 g/mol. The van der Waals surface area contributed by atoms with Gasteiger partial charge in [0.25, 0.3) is 0 Å². The molecule has 0 spiro atoms. The molecule has 31 heavy (non-hydrogen) atoms. The number of fused-ring (bicyclic) bond motifs is 2. The van der Waals surface area contributed by atoms with Gasteiger partial charge in [0, 0.05) is 41.8 Å². The molecule has 4 aromatic heterocycles. The molecule has 1 fully saturated rings. The van der Waals surface area contributed by atoms with Crippen molar-refractivity contribution in [2.24, 2.45) is 0 Å². The van der Waals surface area contributed by atoms with Gasteiger partial charge in [-0.05, 0) is 47.5 Å². The van der Waals surface area contributed by atoms with Crippen molar-refractivity contribution in [3.63, 3.8) is 0 Å². The van der Waals surface area contributed by atoms with Crippen LogP contribution in [0.25, 0.3) is 44.3 Å². The number of nitrogens with two attached hydrogens (primary N) is 1. The number of nitrogens with zero attached hydrogens (tertiary/aromatic N) is 4. The first-order valence-electron chi connectivity index (χ1n) is 10.3. The highest BCUT2D eigenvalue weighted by Gasteiger charge is 2.19. The van der Waals surface area contributed by atoms with Crippen LogP contribution in [0, 0.1) is 0 Å². The fourth-order valence-corrected chi connectivity index (χ4v) is 4.26. The van der Waals surface area contributed by atoms with Gasteiger partial charge >= 0.3 is 0 Å². The molecule has 5 aromatic rings. The SMILES string of the molecule is Nc1n[nH]c2ccc(-c3ccnc4[nH]c(-c5cccnc5N5CCOCC5)cc34)cc12. The second-order valence-corrected chi connectivity index (χ2v) is 7.65. The van der Waals surface area contributed by atoms with Crippen LogP contribution in [0.5, 0.6) is 0 Å². The van der Waals surface area contributed by atoms with Gasteiger partial charge in [-0.1, -0.05) is 6.07 Å². The van der Waals surface area contributed by atoms with Gasteiger partial charge < -0.3 is 20.4 Å². The van der Waals surface area contributed by atoms with Gasteiger partial charge in [-0.3, -0.25) is 5.10 Å². The Morgan fingerprint density at radius 3 is 2.74 bits per heavy atom. The lowest BCUT2D eigenvalue weighted by Gasteiger charge is -2.29. The minimum Gasteiger partial charge on any atom is -0.382 e. The highest BCUT2D eigenvalue weighted by molar-refractivity contribution is 6.00. The van der Waals surface area contributed by atoms with E-state index in [4.69, 9.17) is 10.5 Å². The summed E-state index contributed by atoms with van der Waals surface area (Å²) in [5.41, 5.74) is 12.0. The summed E-state index contributed by atoms with van der Waals surface area (Å²) in [5.74, 6) is 1.47. The fraction of sp³-hybridized carbons (Fsp3) is 0.174. The summed E-state index contributed by atoms with van der Waals surface area (Å²) in [4.78, 5) is 15.0. The summed E-state index contributed by atoms with van der Waals surface area (Å²) in [6.07, 6.45) is 3.66. The summed E-state index contributed by atoms with van der Waals surface area (Å²) < 4.78 is 5.51. The molecule has 0 radical (unpaired) electrons. The minimum atomic E-state index is 0.502. The monoisotopic (exact) mass is 411 g/mol. The average Bonchev–Trinajstić information content (AvgIpc) is 3.43. The van der Waals surface area contributed by atoms with Gasteiger partial charge in [-0.15, -0.1) is 0 Å². The van der Waals surface area contributed by atoms with Crippen LogP contribution < -0.4 is 10.6 Å². The normalized spacial score (nSPS) is 14.5. The molecule has 6 rings (SSSR count). The molecule has 4 N–H and O–H groups in total. The number of anilines is 2. The van der Waals surface area contributed by atoms with Crippen LogP contribution in [0.15, 0.2) is 54.9 Å². The van der Waals surface area contributed by atoms with Gasteiger partial charge in [0.05, 0.1) is 24.4 Å². The number of hydrogen-bond acceptors (Lipinski definition) is 6. The van der Waals surface area contributed by atoms with Crippen LogP contribution in [-0.2, 0) is 4.74 Å². The Balaban J connectivity index is 1.48. The Kier molecular flexibility index (Phi) is 4.10. The summed E-state index contributed by atoms with van der Waals surface area (Å²) in [7, 11) is 0. The molecule has 1 aromatic carbocycles. The predicted molar refractivity (Wildman–Crippen MR) is 122 cm³/mol. The zero-order valence-corrected chi connectivity index (χ0v) is 16.8. The highest BCUT2D eigenvalue weighted by atomic mass is 16.5. The molecule has 8 heteroatoms. The van der Waals surface area contributed by atoms with E-state index < -0.39 is 0 Å².